The van der Waals surface area contributed by atoms with Gasteiger partial charge in [-0.2, -0.15) is 4.31 Å². The molecule has 2 fully saturated rings. The van der Waals surface area contributed by atoms with E-state index >= 15 is 0 Å². The fraction of sp³-hybridized carbons (Fsp3) is 0.458. The van der Waals surface area contributed by atoms with E-state index in [1.807, 2.05) is 18.2 Å². The zero-order valence-corrected chi connectivity index (χ0v) is 19.4. The van der Waals surface area contributed by atoms with E-state index in [2.05, 4.69) is 10.2 Å². The highest BCUT2D eigenvalue weighted by atomic mass is 32.2. The van der Waals surface area contributed by atoms with Crippen molar-refractivity contribution in [3.05, 3.63) is 48.0 Å². The molecule has 3 aliphatic heterocycles. The van der Waals surface area contributed by atoms with Crippen molar-refractivity contribution in [3.8, 4) is 11.5 Å². The number of sulfonamides is 1. The summed E-state index contributed by atoms with van der Waals surface area (Å²) >= 11 is 0. The summed E-state index contributed by atoms with van der Waals surface area (Å²) in [5, 5.41) is 2.89. The minimum absolute atomic E-state index is 0.133. The molecule has 1 atom stereocenters. The molecular formula is C24H29N3O5S. The normalized spacial score (nSPS) is 21.3. The number of benzene rings is 2. The van der Waals surface area contributed by atoms with E-state index in [1.54, 1.807) is 24.3 Å². The summed E-state index contributed by atoms with van der Waals surface area (Å²) in [5.41, 5.74) is 1.61. The third-order valence-electron chi connectivity index (χ3n) is 6.48. The van der Waals surface area contributed by atoms with Gasteiger partial charge in [0, 0.05) is 24.8 Å². The molecule has 0 radical (unpaired) electrons. The third kappa shape index (κ3) is 4.71. The number of carbonyl (C=O) groups is 1. The maximum Gasteiger partial charge on any atom is 0.243 e. The van der Waals surface area contributed by atoms with Crippen LogP contribution in [0.1, 0.15) is 37.3 Å². The molecule has 9 heteroatoms. The van der Waals surface area contributed by atoms with Crippen LogP contribution in [-0.2, 0) is 14.8 Å². The summed E-state index contributed by atoms with van der Waals surface area (Å²) in [6, 6.07) is 12.7. The van der Waals surface area contributed by atoms with Crippen LogP contribution in [-0.4, -0.2) is 62.9 Å². The summed E-state index contributed by atoms with van der Waals surface area (Å²) < 4.78 is 38.5. The number of hydrogen-bond acceptors (Lipinski definition) is 6. The largest absolute Gasteiger partial charge is 0.486 e. The first-order valence-corrected chi connectivity index (χ1v) is 13.0. The van der Waals surface area contributed by atoms with Gasteiger partial charge in [-0.1, -0.05) is 12.1 Å². The molecule has 3 aliphatic rings. The summed E-state index contributed by atoms with van der Waals surface area (Å²) in [5.74, 6) is 1.36. The van der Waals surface area contributed by atoms with E-state index in [4.69, 9.17) is 9.47 Å². The van der Waals surface area contributed by atoms with Crippen LogP contribution in [0.25, 0.3) is 0 Å². The van der Waals surface area contributed by atoms with E-state index < -0.39 is 10.0 Å². The first-order chi connectivity index (χ1) is 16.0. The standard InChI is InChI=1S/C24H29N3O5S/c28-24(25-19-5-3-6-20(16-19)33(29,30)27-11-1-2-12-27)17-26-10-4-7-21(26)18-8-9-22-23(15-18)32-14-13-31-22/h3,5-6,8-9,15-16,21H,1-2,4,7,10-14,17H2,(H,25,28). The molecule has 0 spiro atoms. The van der Waals surface area contributed by atoms with E-state index in [9.17, 15) is 13.2 Å². The Balaban J connectivity index is 1.25. The lowest BCUT2D eigenvalue weighted by Crippen LogP contribution is -2.33. The molecule has 1 amide bonds. The van der Waals surface area contributed by atoms with Gasteiger partial charge in [0.15, 0.2) is 11.5 Å². The van der Waals surface area contributed by atoms with Gasteiger partial charge in [0.05, 0.1) is 11.4 Å². The molecule has 2 aromatic rings. The Bertz CT molecular complexity index is 1130. The minimum Gasteiger partial charge on any atom is -0.486 e. The van der Waals surface area contributed by atoms with Gasteiger partial charge in [-0.25, -0.2) is 8.42 Å². The molecule has 0 aliphatic carbocycles. The number of likely N-dealkylation sites (tertiary alicyclic amines) is 1. The van der Waals surface area contributed by atoms with Crippen LogP contribution in [0.15, 0.2) is 47.4 Å². The fourth-order valence-electron chi connectivity index (χ4n) is 4.86. The van der Waals surface area contributed by atoms with Gasteiger partial charge in [0.1, 0.15) is 13.2 Å². The lowest BCUT2D eigenvalue weighted by atomic mass is 10.0. The molecule has 1 N–H and O–H groups in total. The monoisotopic (exact) mass is 471 g/mol. The molecule has 5 rings (SSSR count). The van der Waals surface area contributed by atoms with Crippen molar-refractivity contribution in [2.75, 3.05) is 44.7 Å². The van der Waals surface area contributed by atoms with Crippen LogP contribution >= 0.6 is 0 Å². The van der Waals surface area contributed by atoms with Crippen molar-refractivity contribution < 1.29 is 22.7 Å². The lowest BCUT2D eigenvalue weighted by Gasteiger charge is -2.26. The molecule has 176 valence electrons. The van der Waals surface area contributed by atoms with Crippen molar-refractivity contribution in [1.29, 1.82) is 0 Å². The van der Waals surface area contributed by atoms with Gasteiger partial charge < -0.3 is 14.8 Å². The Morgan fingerprint density at radius 3 is 2.58 bits per heavy atom. The van der Waals surface area contributed by atoms with Gasteiger partial charge in [-0.15, -0.1) is 0 Å². The number of anilines is 1. The topological polar surface area (TPSA) is 88.2 Å². The van der Waals surface area contributed by atoms with Crippen molar-refractivity contribution in [1.82, 2.24) is 9.21 Å². The molecule has 8 nitrogen and oxygen atoms in total. The molecular weight excluding hydrogens is 442 g/mol. The molecule has 0 saturated carbocycles. The van der Waals surface area contributed by atoms with Crippen molar-refractivity contribution in [3.63, 3.8) is 0 Å². The van der Waals surface area contributed by atoms with E-state index in [0.29, 0.717) is 32.0 Å². The van der Waals surface area contributed by atoms with Gasteiger partial charge >= 0.3 is 0 Å². The smallest absolute Gasteiger partial charge is 0.243 e. The maximum atomic E-state index is 12.8. The summed E-state index contributed by atoms with van der Waals surface area (Å²) in [6.45, 7) is 3.27. The minimum atomic E-state index is -3.52. The summed E-state index contributed by atoms with van der Waals surface area (Å²) in [7, 11) is -3.52. The molecule has 0 bridgehead atoms. The average Bonchev–Trinajstić information content (AvgIpc) is 3.52. The van der Waals surface area contributed by atoms with Crippen molar-refractivity contribution in [2.24, 2.45) is 0 Å². The highest BCUT2D eigenvalue weighted by Gasteiger charge is 2.30. The lowest BCUT2D eigenvalue weighted by molar-refractivity contribution is -0.117. The Morgan fingerprint density at radius 1 is 0.970 bits per heavy atom. The van der Waals surface area contributed by atoms with Crippen LogP contribution in [0.2, 0.25) is 0 Å². The second kappa shape index (κ2) is 9.32. The predicted octanol–water partition coefficient (Wildman–Crippen LogP) is 3.02. The number of amides is 1. The average molecular weight is 472 g/mol. The maximum absolute atomic E-state index is 12.8. The zero-order valence-electron chi connectivity index (χ0n) is 18.5. The predicted molar refractivity (Wildman–Crippen MR) is 124 cm³/mol. The summed E-state index contributed by atoms with van der Waals surface area (Å²) in [6.07, 6.45) is 3.75. The highest BCUT2D eigenvalue weighted by Crippen LogP contribution is 2.38. The van der Waals surface area contributed by atoms with Crippen LogP contribution in [0.3, 0.4) is 0 Å². The number of rotatable bonds is 6. The molecule has 3 heterocycles. The number of hydrogen-bond donors (Lipinski definition) is 1. The number of nitrogens with one attached hydrogen (secondary N) is 1. The van der Waals surface area contributed by atoms with Crippen molar-refractivity contribution in [2.45, 2.75) is 36.6 Å². The van der Waals surface area contributed by atoms with Crippen LogP contribution in [0.4, 0.5) is 5.69 Å². The second-order valence-electron chi connectivity index (χ2n) is 8.72. The van der Waals surface area contributed by atoms with E-state index in [1.165, 1.54) is 4.31 Å². The van der Waals surface area contributed by atoms with E-state index in [0.717, 1.165) is 49.3 Å². The quantitative estimate of drug-likeness (QED) is 0.697. The van der Waals surface area contributed by atoms with Crippen molar-refractivity contribution >= 4 is 21.6 Å². The molecule has 2 aromatic carbocycles. The summed E-state index contributed by atoms with van der Waals surface area (Å²) in [4.78, 5) is 15.2. The van der Waals surface area contributed by atoms with Crippen LogP contribution < -0.4 is 14.8 Å². The molecule has 1 unspecified atom stereocenters. The van der Waals surface area contributed by atoms with Gasteiger partial charge in [-0.3, -0.25) is 9.69 Å². The van der Waals surface area contributed by atoms with Gasteiger partial charge in [-0.05, 0) is 68.1 Å². The van der Waals surface area contributed by atoms with Crippen LogP contribution in [0, 0.1) is 0 Å². The van der Waals surface area contributed by atoms with E-state index in [-0.39, 0.29) is 23.4 Å². The molecule has 2 saturated heterocycles. The Kier molecular flexibility index (Phi) is 6.27. The second-order valence-corrected chi connectivity index (χ2v) is 10.7. The Morgan fingerprint density at radius 2 is 1.76 bits per heavy atom. The third-order valence-corrected chi connectivity index (χ3v) is 8.38. The molecule has 0 aromatic heterocycles. The number of ether oxygens (including phenoxy) is 2. The SMILES string of the molecule is O=C(CN1CCCC1c1ccc2c(c1)OCCO2)Nc1cccc(S(=O)(=O)N2CCCC2)c1. The number of nitrogens with zero attached hydrogens (tertiary/aromatic N) is 2. The first-order valence-electron chi connectivity index (χ1n) is 11.5. The van der Waals surface area contributed by atoms with Crippen LogP contribution in [0.5, 0.6) is 11.5 Å². The highest BCUT2D eigenvalue weighted by molar-refractivity contribution is 7.89. The first kappa shape index (κ1) is 22.2. The molecule has 33 heavy (non-hydrogen) atoms. The Hall–Kier alpha value is -2.62. The number of fused-ring (bicyclic) bond motifs is 1. The fourth-order valence-corrected chi connectivity index (χ4v) is 6.42. The number of carbonyl (C=O) groups excluding carboxylic acids is 1. The Labute approximate surface area is 194 Å². The zero-order chi connectivity index (χ0) is 22.8. The van der Waals surface area contributed by atoms with Gasteiger partial charge in [0.2, 0.25) is 15.9 Å². The van der Waals surface area contributed by atoms with Gasteiger partial charge in [0.25, 0.3) is 0 Å².